The van der Waals surface area contributed by atoms with Crippen LogP contribution in [0.3, 0.4) is 0 Å². The van der Waals surface area contributed by atoms with E-state index in [-0.39, 0.29) is 0 Å². The molecule has 0 unspecified atom stereocenters. The van der Waals surface area contributed by atoms with Crippen LogP contribution in [0.5, 0.6) is 0 Å². The van der Waals surface area contributed by atoms with Crippen LogP contribution in [0.1, 0.15) is 31.1 Å². The average Bonchev–Trinajstić information content (AvgIpc) is 2.83. The van der Waals surface area contributed by atoms with Crippen LogP contribution >= 0.6 is 0 Å². The first-order valence-corrected chi connectivity index (χ1v) is 7.65. The van der Waals surface area contributed by atoms with Gasteiger partial charge in [-0.05, 0) is 44.8 Å². The maximum absolute atomic E-state index is 5.55. The van der Waals surface area contributed by atoms with E-state index in [0.717, 1.165) is 58.0 Å². The van der Waals surface area contributed by atoms with Gasteiger partial charge in [-0.3, -0.25) is 0 Å². The number of hydrogen-bond donors (Lipinski definition) is 1. The molecule has 20 heavy (non-hydrogen) atoms. The number of nitrogens with zero attached hydrogens (tertiary/aromatic N) is 1. The summed E-state index contributed by atoms with van der Waals surface area (Å²) in [6.07, 6.45) is 4.07. The van der Waals surface area contributed by atoms with E-state index >= 15 is 0 Å². The normalized spacial score (nSPS) is 18.6. The molecule has 4 heteroatoms. The van der Waals surface area contributed by atoms with Crippen molar-refractivity contribution in [3.8, 4) is 0 Å². The van der Waals surface area contributed by atoms with Crippen LogP contribution in [0.2, 0.25) is 0 Å². The third-order valence-corrected chi connectivity index (χ3v) is 4.32. The summed E-state index contributed by atoms with van der Waals surface area (Å²) in [5, 5.41) is 3.53. The summed E-state index contributed by atoms with van der Waals surface area (Å²) in [5.74, 6) is 1.03. The molecule has 2 rings (SSSR count). The fourth-order valence-electron chi connectivity index (χ4n) is 3.08. The van der Waals surface area contributed by atoms with E-state index in [1.165, 1.54) is 5.56 Å². The molecule has 0 radical (unpaired) electrons. The molecule has 1 aliphatic rings. The van der Waals surface area contributed by atoms with Crippen LogP contribution in [0.15, 0.2) is 16.7 Å². The molecule has 1 fully saturated rings. The predicted octanol–water partition coefficient (Wildman–Crippen LogP) is 2.43. The standard InChI is InChI=1S/C16H28N2O2/c1-4-17-12-16(6-9-19-10-7-16)13-18(3)11-15-5-8-20-14(15)2/h5,8,17H,4,6-7,9-13H2,1-3H3. The smallest absolute Gasteiger partial charge is 0.105 e. The second-order valence-corrected chi connectivity index (χ2v) is 6.07. The molecule has 0 saturated carbocycles. The molecular formula is C16H28N2O2. The van der Waals surface area contributed by atoms with E-state index in [9.17, 15) is 0 Å². The average molecular weight is 280 g/mol. The van der Waals surface area contributed by atoms with Gasteiger partial charge in [-0.2, -0.15) is 0 Å². The van der Waals surface area contributed by atoms with Gasteiger partial charge >= 0.3 is 0 Å². The molecule has 114 valence electrons. The predicted molar refractivity (Wildman–Crippen MR) is 80.8 cm³/mol. The molecule has 1 saturated heterocycles. The number of nitrogens with one attached hydrogen (secondary N) is 1. The molecule has 0 aromatic carbocycles. The van der Waals surface area contributed by atoms with Gasteiger partial charge in [0.25, 0.3) is 0 Å². The van der Waals surface area contributed by atoms with E-state index in [2.05, 4.69) is 30.3 Å². The summed E-state index contributed by atoms with van der Waals surface area (Å²) in [6, 6.07) is 2.08. The Hall–Kier alpha value is -0.840. The highest BCUT2D eigenvalue weighted by atomic mass is 16.5. The van der Waals surface area contributed by atoms with Gasteiger partial charge in [0.15, 0.2) is 0 Å². The Morgan fingerprint density at radius 3 is 2.70 bits per heavy atom. The van der Waals surface area contributed by atoms with E-state index < -0.39 is 0 Å². The van der Waals surface area contributed by atoms with Crippen LogP contribution in [-0.4, -0.2) is 44.8 Å². The lowest BCUT2D eigenvalue weighted by Crippen LogP contribution is -2.46. The number of furan rings is 1. The molecule has 0 atom stereocenters. The minimum Gasteiger partial charge on any atom is -0.469 e. The zero-order valence-corrected chi connectivity index (χ0v) is 13.1. The monoisotopic (exact) mass is 280 g/mol. The molecule has 2 heterocycles. The van der Waals surface area contributed by atoms with Crippen molar-refractivity contribution in [3.05, 3.63) is 23.7 Å². The Morgan fingerprint density at radius 1 is 1.35 bits per heavy atom. The molecule has 0 aliphatic carbocycles. The van der Waals surface area contributed by atoms with E-state index in [1.54, 1.807) is 6.26 Å². The number of aryl methyl sites for hydroxylation is 1. The Labute approximate surface area is 122 Å². The fraction of sp³-hybridized carbons (Fsp3) is 0.750. The second kappa shape index (κ2) is 7.25. The number of ether oxygens (including phenoxy) is 1. The summed E-state index contributed by atoms with van der Waals surface area (Å²) in [7, 11) is 2.20. The second-order valence-electron chi connectivity index (χ2n) is 6.07. The van der Waals surface area contributed by atoms with Crippen molar-refractivity contribution in [2.24, 2.45) is 5.41 Å². The number of rotatable bonds is 7. The van der Waals surface area contributed by atoms with Gasteiger partial charge in [-0.25, -0.2) is 0 Å². The van der Waals surface area contributed by atoms with E-state index in [0.29, 0.717) is 5.41 Å². The topological polar surface area (TPSA) is 37.6 Å². The van der Waals surface area contributed by atoms with Crippen molar-refractivity contribution in [2.75, 3.05) is 39.9 Å². The summed E-state index contributed by atoms with van der Waals surface area (Å²) in [6.45, 7) is 10.2. The molecule has 0 bridgehead atoms. The first kappa shape index (κ1) is 15.5. The zero-order valence-electron chi connectivity index (χ0n) is 13.1. The summed E-state index contributed by atoms with van der Waals surface area (Å²) in [5.41, 5.74) is 1.64. The third-order valence-electron chi connectivity index (χ3n) is 4.32. The largest absolute Gasteiger partial charge is 0.469 e. The van der Waals surface area contributed by atoms with Gasteiger partial charge in [0.2, 0.25) is 0 Å². The van der Waals surface area contributed by atoms with Gasteiger partial charge in [-0.1, -0.05) is 6.92 Å². The summed E-state index contributed by atoms with van der Waals surface area (Å²) in [4.78, 5) is 2.42. The third kappa shape index (κ3) is 4.08. The molecular weight excluding hydrogens is 252 g/mol. The first-order chi connectivity index (χ1) is 9.65. The Morgan fingerprint density at radius 2 is 2.10 bits per heavy atom. The zero-order chi connectivity index (χ0) is 14.4. The molecule has 4 nitrogen and oxygen atoms in total. The quantitative estimate of drug-likeness (QED) is 0.832. The van der Waals surface area contributed by atoms with E-state index in [1.807, 2.05) is 6.92 Å². The maximum Gasteiger partial charge on any atom is 0.105 e. The molecule has 1 aromatic heterocycles. The molecule has 0 amide bonds. The SMILES string of the molecule is CCNCC1(CN(C)Cc2ccoc2C)CCOCC1. The Balaban J connectivity index is 1.94. The number of hydrogen-bond acceptors (Lipinski definition) is 4. The minimum atomic E-state index is 0.348. The maximum atomic E-state index is 5.55. The van der Waals surface area contributed by atoms with Crippen LogP contribution < -0.4 is 5.32 Å². The molecule has 1 aromatic rings. The minimum absolute atomic E-state index is 0.348. The van der Waals surface area contributed by atoms with Crippen LogP contribution in [0.4, 0.5) is 0 Å². The highest BCUT2D eigenvalue weighted by Crippen LogP contribution is 2.31. The fourth-order valence-corrected chi connectivity index (χ4v) is 3.08. The van der Waals surface area contributed by atoms with Crippen LogP contribution in [0, 0.1) is 12.3 Å². The van der Waals surface area contributed by atoms with Crippen LogP contribution in [-0.2, 0) is 11.3 Å². The summed E-state index contributed by atoms with van der Waals surface area (Å²) >= 11 is 0. The van der Waals surface area contributed by atoms with Gasteiger partial charge < -0.3 is 19.4 Å². The highest BCUT2D eigenvalue weighted by molar-refractivity contribution is 5.15. The van der Waals surface area contributed by atoms with Crippen molar-refractivity contribution in [1.82, 2.24) is 10.2 Å². The van der Waals surface area contributed by atoms with Crippen molar-refractivity contribution in [3.63, 3.8) is 0 Å². The highest BCUT2D eigenvalue weighted by Gasteiger charge is 2.33. The molecule has 1 aliphatic heterocycles. The van der Waals surface area contributed by atoms with Crippen molar-refractivity contribution in [2.45, 2.75) is 33.2 Å². The van der Waals surface area contributed by atoms with Crippen molar-refractivity contribution >= 4 is 0 Å². The Kier molecular flexibility index (Phi) is 5.64. The van der Waals surface area contributed by atoms with Gasteiger partial charge in [0, 0.05) is 38.4 Å². The lowest BCUT2D eigenvalue weighted by Gasteiger charge is -2.40. The van der Waals surface area contributed by atoms with E-state index in [4.69, 9.17) is 9.15 Å². The lowest BCUT2D eigenvalue weighted by atomic mass is 9.79. The first-order valence-electron chi connectivity index (χ1n) is 7.65. The van der Waals surface area contributed by atoms with Crippen molar-refractivity contribution in [1.29, 1.82) is 0 Å². The Bertz CT molecular complexity index is 397. The molecule has 0 spiro atoms. The summed E-state index contributed by atoms with van der Waals surface area (Å²) < 4.78 is 10.9. The van der Waals surface area contributed by atoms with Crippen LogP contribution in [0.25, 0.3) is 0 Å². The molecule has 1 N–H and O–H groups in total. The van der Waals surface area contributed by atoms with Gasteiger partial charge in [0.1, 0.15) is 5.76 Å². The lowest BCUT2D eigenvalue weighted by molar-refractivity contribution is -0.00144. The van der Waals surface area contributed by atoms with Gasteiger partial charge in [0.05, 0.1) is 6.26 Å². The van der Waals surface area contributed by atoms with Gasteiger partial charge in [-0.15, -0.1) is 0 Å². The van der Waals surface area contributed by atoms with Crippen molar-refractivity contribution < 1.29 is 9.15 Å².